The number of hydrogen-bond acceptors (Lipinski definition) is 5. The molecule has 2 unspecified atom stereocenters. The summed E-state index contributed by atoms with van der Waals surface area (Å²) in [6.07, 6.45) is 2.60. The van der Waals surface area contributed by atoms with Gasteiger partial charge in [-0.05, 0) is 6.42 Å². The van der Waals surface area contributed by atoms with Crippen LogP contribution in [0.15, 0.2) is 6.07 Å². The van der Waals surface area contributed by atoms with Crippen LogP contribution in [-0.4, -0.2) is 39.3 Å². The van der Waals surface area contributed by atoms with E-state index in [0.29, 0.717) is 0 Å². The SMILES string of the molecule is CNc1cc(NCCC(C)S(C)=O)nc(C(C)C)n1. The third-order valence-corrected chi connectivity index (χ3v) is 4.31. The lowest BCUT2D eigenvalue weighted by atomic mass is 10.2. The topological polar surface area (TPSA) is 66.9 Å². The average Bonchev–Trinajstić information content (AvgIpc) is 2.37. The summed E-state index contributed by atoms with van der Waals surface area (Å²) in [6.45, 7) is 6.90. The third kappa shape index (κ3) is 5.14. The van der Waals surface area contributed by atoms with Crippen molar-refractivity contribution in [3.05, 3.63) is 11.9 Å². The number of anilines is 2. The number of rotatable bonds is 7. The zero-order valence-electron chi connectivity index (χ0n) is 12.4. The van der Waals surface area contributed by atoms with Crippen LogP contribution in [0.25, 0.3) is 0 Å². The van der Waals surface area contributed by atoms with Gasteiger partial charge in [-0.25, -0.2) is 9.97 Å². The van der Waals surface area contributed by atoms with Crippen LogP contribution in [0.1, 0.15) is 38.9 Å². The molecule has 0 aliphatic rings. The molecular formula is C13H24N4OS. The molecule has 6 heteroatoms. The third-order valence-electron chi connectivity index (χ3n) is 2.94. The van der Waals surface area contributed by atoms with Gasteiger partial charge in [0.05, 0.1) is 0 Å². The van der Waals surface area contributed by atoms with Crippen LogP contribution in [0, 0.1) is 0 Å². The average molecular weight is 284 g/mol. The van der Waals surface area contributed by atoms with E-state index in [9.17, 15) is 4.21 Å². The van der Waals surface area contributed by atoms with Crippen LogP contribution in [0.4, 0.5) is 11.6 Å². The Morgan fingerprint density at radius 2 is 1.89 bits per heavy atom. The van der Waals surface area contributed by atoms with Gasteiger partial charge in [-0.3, -0.25) is 4.21 Å². The highest BCUT2D eigenvalue weighted by Gasteiger charge is 2.09. The standard InChI is InChI=1S/C13H24N4OS/c1-9(2)13-16-11(14-4)8-12(17-13)15-7-6-10(3)19(5)18/h8-10H,6-7H2,1-5H3,(H2,14,15,16,17). The van der Waals surface area contributed by atoms with Gasteiger partial charge in [0.25, 0.3) is 0 Å². The molecule has 0 spiro atoms. The van der Waals surface area contributed by atoms with Gasteiger partial charge < -0.3 is 10.6 Å². The zero-order chi connectivity index (χ0) is 14.4. The molecule has 108 valence electrons. The van der Waals surface area contributed by atoms with Gasteiger partial charge >= 0.3 is 0 Å². The Morgan fingerprint density at radius 1 is 1.26 bits per heavy atom. The summed E-state index contributed by atoms with van der Waals surface area (Å²) in [7, 11) is 1.07. The first kappa shape index (κ1) is 15.9. The van der Waals surface area contributed by atoms with E-state index in [0.717, 1.165) is 30.4 Å². The van der Waals surface area contributed by atoms with E-state index in [1.807, 2.05) is 20.0 Å². The molecule has 1 rings (SSSR count). The number of hydrogen-bond donors (Lipinski definition) is 2. The smallest absolute Gasteiger partial charge is 0.135 e. The predicted octanol–water partition coefficient (Wildman–Crippen LogP) is 2.21. The van der Waals surface area contributed by atoms with Crippen molar-refractivity contribution in [3.8, 4) is 0 Å². The molecule has 0 saturated heterocycles. The Labute approximate surface area is 118 Å². The molecule has 5 nitrogen and oxygen atoms in total. The largest absolute Gasteiger partial charge is 0.373 e. The van der Waals surface area contributed by atoms with Crippen LogP contribution in [-0.2, 0) is 10.8 Å². The van der Waals surface area contributed by atoms with E-state index in [4.69, 9.17) is 0 Å². The number of aromatic nitrogens is 2. The molecule has 0 saturated carbocycles. The van der Waals surface area contributed by atoms with Crippen LogP contribution in [0.2, 0.25) is 0 Å². The molecule has 0 amide bonds. The maximum absolute atomic E-state index is 11.3. The number of nitrogens with one attached hydrogen (secondary N) is 2. The molecule has 1 aromatic heterocycles. The predicted molar refractivity (Wildman–Crippen MR) is 82.3 cm³/mol. The Bertz CT molecular complexity index is 437. The van der Waals surface area contributed by atoms with E-state index >= 15 is 0 Å². The second-order valence-corrected chi connectivity index (χ2v) is 6.73. The van der Waals surface area contributed by atoms with Crippen molar-refractivity contribution >= 4 is 22.4 Å². The van der Waals surface area contributed by atoms with Crippen molar-refractivity contribution in [1.82, 2.24) is 9.97 Å². The molecule has 1 aromatic rings. The number of nitrogens with zero attached hydrogens (tertiary/aromatic N) is 2. The van der Waals surface area contributed by atoms with E-state index in [2.05, 4.69) is 34.4 Å². The fourth-order valence-corrected chi connectivity index (χ4v) is 1.96. The van der Waals surface area contributed by atoms with Crippen LogP contribution in [0.5, 0.6) is 0 Å². The van der Waals surface area contributed by atoms with Crippen LogP contribution in [0.3, 0.4) is 0 Å². The first-order valence-electron chi connectivity index (χ1n) is 6.56. The van der Waals surface area contributed by atoms with E-state index in [-0.39, 0.29) is 11.2 Å². The van der Waals surface area contributed by atoms with Crippen LogP contribution >= 0.6 is 0 Å². The molecule has 0 aromatic carbocycles. The second kappa shape index (κ2) is 7.43. The van der Waals surface area contributed by atoms with Crippen molar-refractivity contribution in [2.24, 2.45) is 0 Å². The Kier molecular flexibility index (Phi) is 6.21. The molecule has 2 N–H and O–H groups in total. The molecule has 2 atom stereocenters. The quantitative estimate of drug-likeness (QED) is 0.803. The van der Waals surface area contributed by atoms with E-state index < -0.39 is 10.8 Å². The lowest BCUT2D eigenvalue weighted by molar-refractivity contribution is 0.672. The Hall–Kier alpha value is -1.17. The van der Waals surface area contributed by atoms with Crippen molar-refractivity contribution < 1.29 is 4.21 Å². The minimum absolute atomic E-state index is 0.197. The summed E-state index contributed by atoms with van der Waals surface area (Å²) in [5, 5.41) is 6.51. The fraction of sp³-hybridized carbons (Fsp3) is 0.692. The molecule has 0 aliphatic heterocycles. The maximum Gasteiger partial charge on any atom is 0.135 e. The highest BCUT2D eigenvalue weighted by Crippen LogP contribution is 2.16. The van der Waals surface area contributed by atoms with Gasteiger partial charge in [-0.1, -0.05) is 20.8 Å². The minimum atomic E-state index is -0.771. The molecule has 19 heavy (non-hydrogen) atoms. The Balaban J connectivity index is 2.67. The minimum Gasteiger partial charge on any atom is -0.373 e. The molecule has 0 radical (unpaired) electrons. The lowest BCUT2D eigenvalue weighted by Crippen LogP contribution is -2.16. The van der Waals surface area contributed by atoms with E-state index in [1.54, 1.807) is 6.26 Å². The van der Waals surface area contributed by atoms with Crippen molar-refractivity contribution in [2.75, 3.05) is 30.5 Å². The van der Waals surface area contributed by atoms with Gasteiger partial charge in [0, 0.05) is 47.9 Å². The maximum atomic E-state index is 11.3. The lowest BCUT2D eigenvalue weighted by Gasteiger charge is -2.13. The summed E-state index contributed by atoms with van der Waals surface area (Å²) in [4.78, 5) is 8.90. The molecule has 0 bridgehead atoms. The monoisotopic (exact) mass is 284 g/mol. The van der Waals surface area contributed by atoms with Gasteiger partial charge in [0.15, 0.2) is 0 Å². The normalized spacial score (nSPS) is 14.2. The van der Waals surface area contributed by atoms with Crippen molar-refractivity contribution in [2.45, 2.75) is 38.4 Å². The summed E-state index contributed by atoms with van der Waals surface area (Å²) in [5.41, 5.74) is 0. The van der Waals surface area contributed by atoms with Gasteiger partial charge in [0.1, 0.15) is 17.5 Å². The molecule has 1 heterocycles. The summed E-state index contributed by atoms with van der Waals surface area (Å²) >= 11 is 0. The summed E-state index contributed by atoms with van der Waals surface area (Å²) < 4.78 is 11.3. The van der Waals surface area contributed by atoms with Crippen molar-refractivity contribution in [3.63, 3.8) is 0 Å². The van der Waals surface area contributed by atoms with Crippen molar-refractivity contribution in [1.29, 1.82) is 0 Å². The molecule has 0 fully saturated rings. The molecule has 0 aliphatic carbocycles. The first-order valence-corrected chi connectivity index (χ1v) is 8.19. The van der Waals surface area contributed by atoms with E-state index in [1.165, 1.54) is 0 Å². The second-order valence-electron chi connectivity index (χ2n) is 4.93. The Morgan fingerprint density at radius 3 is 2.42 bits per heavy atom. The van der Waals surface area contributed by atoms with Gasteiger partial charge in [0.2, 0.25) is 0 Å². The fourth-order valence-electron chi connectivity index (χ4n) is 1.51. The highest BCUT2D eigenvalue weighted by atomic mass is 32.2. The first-order chi connectivity index (χ1) is 8.93. The summed E-state index contributed by atoms with van der Waals surface area (Å²) in [5.74, 6) is 2.74. The van der Waals surface area contributed by atoms with Crippen LogP contribution < -0.4 is 10.6 Å². The zero-order valence-corrected chi connectivity index (χ0v) is 13.2. The molecular weight excluding hydrogens is 260 g/mol. The summed E-state index contributed by atoms with van der Waals surface area (Å²) in [6, 6.07) is 1.89. The van der Waals surface area contributed by atoms with Gasteiger partial charge in [-0.2, -0.15) is 0 Å². The van der Waals surface area contributed by atoms with Gasteiger partial charge in [-0.15, -0.1) is 0 Å². The highest BCUT2D eigenvalue weighted by molar-refractivity contribution is 7.84.